The largest absolute Gasteiger partial charge is 0.313 e. The maximum Gasteiger partial charge on any atom is 0.0223 e. The Bertz CT molecular complexity index is 143. The third-order valence-corrected chi connectivity index (χ3v) is 3.06. The molecule has 0 amide bonds. The third-order valence-electron chi connectivity index (χ3n) is 3.06. The average molecular weight is 198 g/mol. The summed E-state index contributed by atoms with van der Waals surface area (Å²) in [6, 6.07) is 0.752. The Labute approximate surface area is 89.1 Å². The summed E-state index contributed by atoms with van der Waals surface area (Å²) in [6.07, 6.45) is 5.53. The second-order valence-electron chi connectivity index (χ2n) is 4.62. The van der Waals surface area contributed by atoms with Crippen LogP contribution in [0.25, 0.3) is 0 Å². The number of nitrogens with one attached hydrogen (secondary N) is 1. The van der Waals surface area contributed by atoms with Crippen molar-refractivity contribution >= 4 is 0 Å². The lowest BCUT2D eigenvalue weighted by Gasteiger charge is -2.24. The van der Waals surface area contributed by atoms with Gasteiger partial charge in [-0.15, -0.1) is 0 Å². The highest BCUT2D eigenvalue weighted by Crippen LogP contribution is 2.32. The minimum absolute atomic E-state index is 0.752. The van der Waals surface area contributed by atoms with Gasteiger partial charge in [-0.3, -0.25) is 0 Å². The standard InChI is InChI=1S/C12H26N2/c1-4-6-9-14(3)10-12(13-5-2)11-7-8-11/h11-13H,4-10H2,1-3H3. The molecule has 1 saturated carbocycles. The van der Waals surface area contributed by atoms with E-state index in [1.165, 1.54) is 38.8 Å². The van der Waals surface area contributed by atoms with Gasteiger partial charge in [-0.1, -0.05) is 20.3 Å². The van der Waals surface area contributed by atoms with Crippen molar-refractivity contribution in [1.29, 1.82) is 0 Å². The Morgan fingerprint density at radius 3 is 2.57 bits per heavy atom. The smallest absolute Gasteiger partial charge is 0.0223 e. The molecule has 1 N–H and O–H groups in total. The van der Waals surface area contributed by atoms with Crippen LogP contribution in [0.2, 0.25) is 0 Å². The second kappa shape index (κ2) is 6.41. The zero-order valence-electron chi connectivity index (χ0n) is 10.1. The Morgan fingerprint density at radius 2 is 2.07 bits per heavy atom. The zero-order valence-corrected chi connectivity index (χ0v) is 10.1. The minimum atomic E-state index is 0.752. The number of hydrogen-bond acceptors (Lipinski definition) is 2. The molecule has 0 heterocycles. The highest BCUT2D eigenvalue weighted by atomic mass is 15.1. The fraction of sp³-hybridized carbons (Fsp3) is 1.00. The van der Waals surface area contributed by atoms with Gasteiger partial charge < -0.3 is 10.2 Å². The van der Waals surface area contributed by atoms with E-state index >= 15 is 0 Å². The van der Waals surface area contributed by atoms with E-state index in [0.29, 0.717) is 0 Å². The summed E-state index contributed by atoms with van der Waals surface area (Å²) in [6.45, 7) is 8.07. The first kappa shape index (κ1) is 12.0. The van der Waals surface area contributed by atoms with Gasteiger partial charge in [0.25, 0.3) is 0 Å². The molecule has 0 radical (unpaired) electrons. The van der Waals surface area contributed by atoms with E-state index in [1.54, 1.807) is 0 Å². The number of likely N-dealkylation sites (N-methyl/N-ethyl adjacent to an activating group) is 2. The molecule has 0 spiro atoms. The van der Waals surface area contributed by atoms with Gasteiger partial charge in [0.1, 0.15) is 0 Å². The fourth-order valence-electron chi connectivity index (χ4n) is 2.00. The van der Waals surface area contributed by atoms with Crippen LogP contribution in [0.5, 0.6) is 0 Å². The van der Waals surface area contributed by atoms with Crippen LogP contribution in [0.3, 0.4) is 0 Å². The van der Waals surface area contributed by atoms with E-state index in [4.69, 9.17) is 0 Å². The number of hydrogen-bond donors (Lipinski definition) is 1. The van der Waals surface area contributed by atoms with Crippen molar-refractivity contribution in [3.05, 3.63) is 0 Å². The fourth-order valence-corrected chi connectivity index (χ4v) is 2.00. The molecule has 1 aliphatic rings. The maximum atomic E-state index is 3.61. The Kier molecular flexibility index (Phi) is 5.49. The molecule has 1 unspecified atom stereocenters. The quantitative estimate of drug-likeness (QED) is 0.642. The van der Waals surface area contributed by atoms with Crippen molar-refractivity contribution in [2.45, 2.75) is 45.6 Å². The zero-order chi connectivity index (χ0) is 10.4. The van der Waals surface area contributed by atoms with Gasteiger partial charge in [0.05, 0.1) is 0 Å². The van der Waals surface area contributed by atoms with Crippen LogP contribution in [0, 0.1) is 5.92 Å². The van der Waals surface area contributed by atoms with Gasteiger partial charge in [-0.2, -0.15) is 0 Å². The topological polar surface area (TPSA) is 15.3 Å². The van der Waals surface area contributed by atoms with Crippen molar-refractivity contribution < 1.29 is 0 Å². The molecular weight excluding hydrogens is 172 g/mol. The molecule has 84 valence electrons. The minimum Gasteiger partial charge on any atom is -0.313 e. The van der Waals surface area contributed by atoms with Crippen LogP contribution in [-0.2, 0) is 0 Å². The lowest BCUT2D eigenvalue weighted by atomic mass is 10.1. The van der Waals surface area contributed by atoms with Crippen molar-refractivity contribution in [2.24, 2.45) is 5.92 Å². The van der Waals surface area contributed by atoms with Crippen molar-refractivity contribution in [1.82, 2.24) is 10.2 Å². The molecule has 0 aliphatic heterocycles. The second-order valence-corrected chi connectivity index (χ2v) is 4.62. The number of unbranched alkanes of at least 4 members (excludes halogenated alkanes) is 1. The van der Waals surface area contributed by atoms with Crippen LogP contribution in [-0.4, -0.2) is 37.6 Å². The van der Waals surface area contributed by atoms with Gasteiger partial charge in [0, 0.05) is 12.6 Å². The summed E-state index contributed by atoms with van der Waals surface area (Å²) in [5, 5.41) is 3.61. The Morgan fingerprint density at radius 1 is 1.36 bits per heavy atom. The first-order valence-electron chi connectivity index (χ1n) is 6.19. The van der Waals surface area contributed by atoms with E-state index in [2.05, 4.69) is 31.1 Å². The average Bonchev–Trinajstić information content (AvgIpc) is 2.97. The third kappa shape index (κ3) is 4.43. The van der Waals surface area contributed by atoms with Gasteiger partial charge in [-0.05, 0) is 45.3 Å². The molecule has 0 aromatic carbocycles. The van der Waals surface area contributed by atoms with Gasteiger partial charge in [-0.25, -0.2) is 0 Å². The van der Waals surface area contributed by atoms with Gasteiger partial charge in [0.2, 0.25) is 0 Å². The van der Waals surface area contributed by atoms with Crippen LogP contribution < -0.4 is 5.32 Å². The van der Waals surface area contributed by atoms with E-state index in [0.717, 1.165) is 18.5 Å². The molecule has 1 aliphatic carbocycles. The molecular formula is C12H26N2. The van der Waals surface area contributed by atoms with Crippen molar-refractivity contribution in [3.63, 3.8) is 0 Å². The lowest BCUT2D eigenvalue weighted by molar-refractivity contribution is 0.272. The SMILES string of the molecule is CCCCN(C)CC(NCC)C1CC1. The highest BCUT2D eigenvalue weighted by Gasteiger charge is 2.30. The van der Waals surface area contributed by atoms with Crippen LogP contribution in [0.15, 0.2) is 0 Å². The lowest BCUT2D eigenvalue weighted by Crippen LogP contribution is -2.41. The molecule has 1 fully saturated rings. The van der Waals surface area contributed by atoms with Gasteiger partial charge >= 0.3 is 0 Å². The molecule has 0 aromatic heterocycles. The Hall–Kier alpha value is -0.0800. The number of rotatable bonds is 8. The predicted molar refractivity (Wildman–Crippen MR) is 62.6 cm³/mol. The van der Waals surface area contributed by atoms with Crippen LogP contribution in [0.4, 0.5) is 0 Å². The van der Waals surface area contributed by atoms with Crippen molar-refractivity contribution in [2.75, 3.05) is 26.7 Å². The predicted octanol–water partition coefficient (Wildman–Crippen LogP) is 2.11. The first-order chi connectivity index (χ1) is 6.77. The molecule has 0 saturated heterocycles. The van der Waals surface area contributed by atoms with Crippen molar-refractivity contribution in [3.8, 4) is 0 Å². The molecule has 1 atom stereocenters. The van der Waals surface area contributed by atoms with E-state index < -0.39 is 0 Å². The van der Waals surface area contributed by atoms with Gasteiger partial charge in [0.15, 0.2) is 0 Å². The summed E-state index contributed by atoms with van der Waals surface area (Å²) >= 11 is 0. The molecule has 14 heavy (non-hydrogen) atoms. The normalized spacial score (nSPS) is 18.9. The van der Waals surface area contributed by atoms with E-state index in [-0.39, 0.29) is 0 Å². The summed E-state index contributed by atoms with van der Waals surface area (Å²) in [4.78, 5) is 2.48. The summed E-state index contributed by atoms with van der Waals surface area (Å²) in [7, 11) is 2.25. The number of nitrogens with zero attached hydrogens (tertiary/aromatic N) is 1. The summed E-state index contributed by atoms with van der Waals surface area (Å²) in [5.41, 5.74) is 0. The van der Waals surface area contributed by atoms with Crippen LogP contribution >= 0.6 is 0 Å². The summed E-state index contributed by atoms with van der Waals surface area (Å²) in [5.74, 6) is 0.971. The highest BCUT2D eigenvalue weighted by molar-refractivity contribution is 4.87. The molecule has 2 heteroatoms. The monoisotopic (exact) mass is 198 g/mol. The molecule has 0 bridgehead atoms. The van der Waals surface area contributed by atoms with Crippen LogP contribution in [0.1, 0.15) is 39.5 Å². The molecule has 2 nitrogen and oxygen atoms in total. The van der Waals surface area contributed by atoms with E-state index in [1.807, 2.05) is 0 Å². The van der Waals surface area contributed by atoms with E-state index in [9.17, 15) is 0 Å². The first-order valence-corrected chi connectivity index (χ1v) is 6.19. The molecule has 0 aromatic rings. The summed E-state index contributed by atoms with van der Waals surface area (Å²) < 4.78 is 0. The Balaban J connectivity index is 2.16. The molecule has 1 rings (SSSR count). The maximum absolute atomic E-state index is 3.61.